The number of nitrogens with one attached hydrogen (secondary N) is 1. The number of benzene rings is 1. The number of hydrogen-bond acceptors (Lipinski definition) is 2. The van der Waals surface area contributed by atoms with Crippen LogP contribution in [0.3, 0.4) is 0 Å². The molecule has 5 nitrogen and oxygen atoms in total. The maximum Gasteiger partial charge on any atom is 0.272 e. The zero-order chi connectivity index (χ0) is 16.5. The highest BCUT2D eigenvalue weighted by atomic mass is 16.2. The standard InChI is InChI=1S/C18H17BN3O2/c23-17-16-5-2-7-22(16)15(11-20-17)10-13-3-1-4-14(9-13)18(24)21-8-6-19-12-21/h1-5,7,9,11H,6,8,10,12H2,(H,20,23). The molecule has 1 amide bonds. The Bertz CT molecular complexity index is 954. The van der Waals surface area contributed by atoms with E-state index in [1.54, 1.807) is 12.3 Å². The summed E-state index contributed by atoms with van der Waals surface area (Å²) in [6, 6.07) is 11.4. The van der Waals surface area contributed by atoms with Crippen molar-refractivity contribution in [3.8, 4) is 0 Å². The maximum atomic E-state index is 12.5. The molecule has 1 saturated heterocycles. The van der Waals surface area contributed by atoms with Crippen molar-refractivity contribution in [3.05, 3.63) is 76.0 Å². The third-order valence-electron chi connectivity index (χ3n) is 4.46. The first-order valence-electron chi connectivity index (χ1n) is 8.10. The van der Waals surface area contributed by atoms with Crippen molar-refractivity contribution in [2.45, 2.75) is 12.7 Å². The van der Waals surface area contributed by atoms with E-state index in [2.05, 4.69) is 12.3 Å². The third kappa shape index (κ3) is 2.64. The number of amides is 1. The lowest BCUT2D eigenvalue weighted by Crippen LogP contribution is -2.28. The van der Waals surface area contributed by atoms with Crippen LogP contribution in [-0.4, -0.2) is 40.5 Å². The molecule has 3 aromatic rings. The highest BCUT2D eigenvalue weighted by molar-refractivity contribution is 6.37. The van der Waals surface area contributed by atoms with E-state index in [-0.39, 0.29) is 11.5 Å². The van der Waals surface area contributed by atoms with Gasteiger partial charge in [-0.2, -0.15) is 0 Å². The Balaban J connectivity index is 1.64. The summed E-state index contributed by atoms with van der Waals surface area (Å²) in [7, 11) is 2.13. The van der Waals surface area contributed by atoms with Gasteiger partial charge in [-0.05, 0) is 36.3 Å². The Morgan fingerprint density at radius 2 is 2.17 bits per heavy atom. The number of carbonyl (C=O) groups is 1. The van der Waals surface area contributed by atoms with E-state index in [0.29, 0.717) is 11.9 Å². The van der Waals surface area contributed by atoms with Crippen LogP contribution < -0.4 is 5.56 Å². The van der Waals surface area contributed by atoms with Gasteiger partial charge in [0.15, 0.2) is 0 Å². The number of aromatic amines is 1. The second-order valence-electron chi connectivity index (χ2n) is 6.08. The predicted octanol–water partition coefficient (Wildman–Crippen LogP) is 1.75. The molecule has 0 saturated carbocycles. The topological polar surface area (TPSA) is 57.6 Å². The smallest absolute Gasteiger partial charge is 0.272 e. The number of hydrogen-bond donors (Lipinski definition) is 1. The summed E-state index contributed by atoms with van der Waals surface area (Å²) < 4.78 is 1.89. The van der Waals surface area contributed by atoms with Crippen molar-refractivity contribution < 1.29 is 4.79 Å². The second kappa shape index (κ2) is 6.04. The van der Waals surface area contributed by atoms with Crippen molar-refractivity contribution in [2.24, 2.45) is 0 Å². The fraction of sp³-hybridized carbons (Fsp3) is 0.222. The van der Waals surface area contributed by atoms with Crippen LogP contribution in [0.15, 0.2) is 53.6 Å². The van der Waals surface area contributed by atoms with Gasteiger partial charge in [0.2, 0.25) is 0 Å². The lowest BCUT2D eigenvalue weighted by molar-refractivity contribution is 0.0801. The molecule has 1 N–H and O–H groups in total. The summed E-state index contributed by atoms with van der Waals surface area (Å²) in [4.78, 5) is 29.0. The molecule has 4 rings (SSSR count). The summed E-state index contributed by atoms with van der Waals surface area (Å²) in [6.45, 7) is 0.799. The van der Waals surface area contributed by atoms with Crippen molar-refractivity contribution in [1.82, 2.24) is 14.3 Å². The number of rotatable bonds is 3. The van der Waals surface area contributed by atoms with Crippen LogP contribution in [0.4, 0.5) is 0 Å². The van der Waals surface area contributed by atoms with Gasteiger partial charge in [-0.15, -0.1) is 0 Å². The van der Waals surface area contributed by atoms with E-state index >= 15 is 0 Å². The molecule has 3 heterocycles. The number of H-pyrrole nitrogens is 1. The van der Waals surface area contributed by atoms with Gasteiger partial charge < -0.3 is 14.3 Å². The van der Waals surface area contributed by atoms with Crippen LogP contribution in [0.2, 0.25) is 6.32 Å². The Morgan fingerprint density at radius 3 is 3.00 bits per heavy atom. The minimum atomic E-state index is -0.0991. The first kappa shape index (κ1) is 14.8. The van der Waals surface area contributed by atoms with Gasteiger partial charge >= 0.3 is 0 Å². The minimum absolute atomic E-state index is 0.0816. The van der Waals surface area contributed by atoms with Crippen molar-refractivity contribution in [3.63, 3.8) is 0 Å². The van der Waals surface area contributed by atoms with Crippen LogP contribution in [0, 0.1) is 0 Å². The molecule has 1 aliphatic rings. The van der Waals surface area contributed by atoms with E-state index in [1.165, 1.54) is 0 Å². The first-order valence-corrected chi connectivity index (χ1v) is 8.10. The summed E-state index contributed by atoms with van der Waals surface area (Å²) in [5.74, 6) is 0.0816. The van der Waals surface area contributed by atoms with Crippen molar-refractivity contribution in [2.75, 3.05) is 13.0 Å². The van der Waals surface area contributed by atoms with Crippen LogP contribution in [0.5, 0.6) is 0 Å². The monoisotopic (exact) mass is 318 g/mol. The largest absolute Gasteiger partial charge is 0.348 e. The molecule has 1 fully saturated rings. The quantitative estimate of drug-likeness (QED) is 0.748. The average molecular weight is 318 g/mol. The second-order valence-corrected chi connectivity index (χ2v) is 6.08. The molecule has 119 valence electrons. The molecule has 2 aromatic heterocycles. The van der Waals surface area contributed by atoms with E-state index in [4.69, 9.17) is 0 Å². The predicted molar refractivity (Wildman–Crippen MR) is 93.7 cm³/mol. The Morgan fingerprint density at radius 1 is 1.25 bits per heavy atom. The zero-order valence-electron chi connectivity index (χ0n) is 13.2. The maximum absolute atomic E-state index is 12.5. The van der Waals surface area contributed by atoms with Gasteiger partial charge in [0.05, 0.1) is 0 Å². The number of nitrogens with zero attached hydrogens (tertiary/aromatic N) is 2. The molecule has 6 heteroatoms. The Labute approximate surface area is 140 Å². The fourth-order valence-electron chi connectivity index (χ4n) is 3.22. The number of fused-ring (bicyclic) bond motifs is 1. The molecule has 0 bridgehead atoms. The summed E-state index contributed by atoms with van der Waals surface area (Å²) in [6.07, 6.45) is 5.96. The van der Waals surface area contributed by atoms with E-state index < -0.39 is 0 Å². The molecule has 1 aliphatic heterocycles. The molecule has 24 heavy (non-hydrogen) atoms. The number of carbonyl (C=O) groups excluding carboxylic acids is 1. The molecule has 0 atom stereocenters. The van der Waals surface area contributed by atoms with Gasteiger partial charge in [0, 0.05) is 36.6 Å². The highest BCUT2D eigenvalue weighted by Gasteiger charge is 2.20. The normalized spacial score (nSPS) is 14.1. The fourth-order valence-corrected chi connectivity index (χ4v) is 3.22. The minimum Gasteiger partial charge on any atom is -0.348 e. The van der Waals surface area contributed by atoms with Gasteiger partial charge in [0.1, 0.15) is 12.8 Å². The van der Waals surface area contributed by atoms with Gasteiger partial charge in [-0.1, -0.05) is 18.5 Å². The van der Waals surface area contributed by atoms with Crippen LogP contribution in [0.25, 0.3) is 5.52 Å². The summed E-state index contributed by atoms with van der Waals surface area (Å²) in [5.41, 5.74) is 3.28. The average Bonchev–Trinajstić information content (AvgIpc) is 3.29. The molecule has 0 unspecified atom stereocenters. The molecule has 0 spiro atoms. The lowest BCUT2D eigenvalue weighted by atomic mass is 9.79. The van der Waals surface area contributed by atoms with E-state index in [9.17, 15) is 9.59 Å². The van der Waals surface area contributed by atoms with Gasteiger partial charge in [-0.3, -0.25) is 9.59 Å². The Hall–Kier alpha value is -2.76. The van der Waals surface area contributed by atoms with Crippen LogP contribution >= 0.6 is 0 Å². The van der Waals surface area contributed by atoms with Crippen LogP contribution in [0.1, 0.15) is 21.6 Å². The SMILES string of the molecule is O=C(c1cccc(Cc2c[nH]c(=O)c3cccn23)c1)N1C[B]CC1. The Kier molecular flexibility index (Phi) is 3.73. The first-order chi connectivity index (χ1) is 11.7. The summed E-state index contributed by atoms with van der Waals surface area (Å²) in [5, 5.41) is 0. The zero-order valence-corrected chi connectivity index (χ0v) is 13.2. The number of aromatic nitrogens is 2. The van der Waals surface area contributed by atoms with Crippen LogP contribution in [-0.2, 0) is 6.42 Å². The lowest BCUT2D eigenvalue weighted by Gasteiger charge is -2.16. The van der Waals surface area contributed by atoms with E-state index in [0.717, 1.165) is 36.1 Å². The molecule has 1 radical (unpaired) electrons. The van der Waals surface area contributed by atoms with Gasteiger partial charge in [0.25, 0.3) is 11.5 Å². The molecule has 1 aromatic carbocycles. The molecular formula is C18H17BN3O2. The van der Waals surface area contributed by atoms with E-state index in [1.807, 2.05) is 45.8 Å². The van der Waals surface area contributed by atoms with Crippen molar-refractivity contribution >= 4 is 18.7 Å². The molecule has 0 aliphatic carbocycles. The summed E-state index contributed by atoms with van der Waals surface area (Å²) >= 11 is 0. The van der Waals surface area contributed by atoms with Crippen molar-refractivity contribution in [1.29, 1.82) is 0 Å². The molecular weight excluding hydrogens is 301 g/mol. The third-order valence-corrected chi connectivity index (χ3v) is 4.46. The highest BCUT2D eigenvalue weighted by Crippen LogP contribution is 2.15. The van der Waals surface area contributed by atoms with Gasteiger partial charge in [-0.25, -0.2) is 0 Å².